The molecule has 0 aliphatic heterocycles. The fourth-order valence-electron chi connectivity index (χ4n) is 0. The maximum atomic E-state index is 2.14. The molecule has 0 heterocycles. The smallest absolute Gasteiger partial charge is 0.0304 e. The first-order valence-corrected chi connectivity index (χ1v) is 3.00. The van der Waals surface area contributed by atoms with Gasteiger partial charge in [0.25, 0.3) is 0 Å². The Balaban J connectivity index is -0.00000000167. The van der Waals surface area contributed by atoms with Gasteiger partial charge in [0.1, 0.15) is 0 Å². The largest absolute Gasteiger partial charge is 0.0852 e. The van der Waals surface area contributed by atoms with Crippen LogP contribution < -0.4 is 0 Å². The Hall–Kier alpha value is 1.85. The predicted octanol–water partition coefficient (Wildman–Crippen LogP) is -2.11. The zero-order valence-electron chi connectivity index (χ0n) is 3.14. The summed E-state index contributed by atoms with van der Waals surface area (Å²) < 4.78 is 0. The van der Waals surface area contributed by atoms with Gasteiger partial charge in [0.2, 0.25) is 0 Å². The van der Waals surface area contributed by atoms with Crippen LogP contribution in [0.4, 0.5) is 0 Å². The second-order valence-corrected chi connectivity index (χ2v) is 0. The van der Waals surface area contributed by atoms with E-state index in [1.54, 1.807) is 0 Å². The molecule has 0 saturated carbocycles. The van der Waals surface area contributed by atoms with Gasteiger partial charge in [0.15, 0.2) is 0 Å². The molecule has 0 aromatic heterocycles. The molecule has 33 valence electrons. The molecule has 5 heteroatoms. The maximum Gasteiger partial charge on any atom is 0.0852 e. The van der Waals surface area contributed by atoms with Crippen molar-refractivity contribution >= 4 is 17.6 Å². The van der Waals surface area contributed by atoms with Crippen molar-refractivity contribution in [3.8, 4) is 0 Å². The van der Waals surface area contributed by atoms with E-state index in [2.05, 4.69) is 7.44 Å². The van der Waals surface area contributed by atoms with Crippen molar-refractivity contribution in [1.29, 1.82) is 0 Å². The molecule has 0 fully saturated rings. The number of rotatable bonds is 0. The van der Waals surface area contributed by atoms with Crippen molar-refractivity contribution in [1.82, 2.24) is 0 Å². The Labute approximate surface area is 68.7 Å². The molecule has 0 amide bonds. The van der Waals surface area contributed by atoms with Gasteiger partial charge in [-0.3, -0.25) is 0 Å². The summed E-state index contributed by atoms with van der Waals surface area (Å²) in [5.74, 6) is 0. The summed E-state index contributed by atoms with van der Waals surface area (Å²) in [5.41, 5.74) is 0. The fraction of sp³-hybridized carbons (Fsp3) is 0. The van der Waals surface area contributed by atoms with E-state index >= 15 is 0 Å². The van der Waals surface area contributed by atoms with Crippen LogP contribution in [0.15, 0.2) is 0 Å². The Kier molecular flexibility index (Phi) is 232. The van der Waals surface area contributed by atoms with E-state index in [9.17, 15) is 0 Å². The Morgan fingerprint density at radius 1 is 1.20 bits per heavy atom. The fourth-order valence-corrected chi connectivity index (χ4v) is 0. The second kappa shape index (κ2) is 40.1. The Morgan fingerprint density at radius 2 is 1.20 bits per heavy atom. The van der Waals surface area contributed by atoms with E-state index < -0.39 is 0 Å². The van der Waals surface area contributed by atoms with Crippen LogP contribution in [-0.2, 0) is 51.5 Å². The topological polar surface area (TPSA) is 0 Å². The van der Waals surface area contributed by atoms with Crippen molar-refractivity contribution in [2.24, 2.45) is 0 Å². The molecule has 0 aliphatic carbocycles. The molecule has 0 bridgehead atoms. The third-order valence-corrected chi connectivity index (χ3v) is 0. The summed E-state index contributed by atoms with van der Waals surface area (Å²) >= 11 is 0. The average Bonchev–Trinajstić information content (AvgIpc) is 1.00. The average molecular weight is 207 g/mol. The van der Waals surface area contributed by atoms with Crippen molar-refractivity contribution in [3.05, 3.63) is 0 Å². The van der Waals surface area contributed by atoms with Gasteiger partial charge in [0.05, 0.1) is 7.44 Å². The Morgan fingerprint density at radius 3 is 1.20 bits per heavy atom. The Bertz CT molecular complexity index is 11.6. The first-order chi connectivity index (χ1) is 1.00. The summed E-state index contributed by atoms with van der Waals surface area (Å²) in [5, 5.41) is 0. The van der Waals surface area contributed by atoms with Crippen LogP contribution in [0.1, 0.15) is 0 Å². The van der Waals surface area contributed by atoms with Crippen molar-refractivity contribution < 1.29 is 51.5 Å². The van der Waals surface area contributed by atoms with Crippen LogP contribution in [0.2, 0.25) is 0 Å². The van der Waals surface area contributed by atoms with Gasteiger partial charge in [-0.2, -0.15) is 0 Å². The van der Waals surface area contributed by atoms with Crippen molar-refractivity contribution in [3.63, 3.8) is 0 Å². The molecule has 0 aliphatic rings. The molecule has 0 N–H and O–H groups in total. The van der Waals surface area contributed by atoms with E-state index in [-0.39, 0.29) is 51.5 Å². The first-order valence-electron chi connectivity index (χ1n) is 1.00. The van der Waals surface area contributed by atoms with Crippen LogP contribution >= 0.6 is 0 Å². The van der Waals surface area contributed by atoms with Gasteiger partial charge in [-0.25, -0.2) is 0 Å². The van der Waals surface area contributed by atoms with Gasteiger partial charge >= 0.3 is 0 Å². The van der Waals surface area contributed by atoms with Crippen molar-refractivity contribution in [2.75, 3.05) is 0 Å². The SMILES string of the molecule is B[SiH3].[Cr].[Fe].[Mn]. The van der Waals surface area contributed by atoms with E-state index in [1.165, 1.54) is 10.1 Å². The van der Waals surface area contributed by atoms with E-state index in [1.807, 2.05) is 0 Å². The predicted molar refractivity (Wildman–Crippen MR) is 18.5 cm³/mol. The maximum absolute atomic E-state index is 2.14. The number of hydrogen-bond donors (Lipinski definition) is 0. The first kappa shape index (κ1) is 28.8. The zero-order valence-corrected chi connectivity index (χ0v) is 8.70. The summed E-state index contributed by atoms with van der Waals surface area (Å²) in [7, 11) is 3.44. The number of hydrogen-bond acceptors (Lipinski definition) is 0. The molecule has 0 aromatic rings. The van der Waals surface area contributed by atoms with Gasteiger partial charge in [-0.05, 0) is 10.1 Å². The zero-order chi connectivity index (χ0) is 2.00. The molecular formula is H5BCrFeMnSi. The third kappa shape index (κ3) is 25.3. The van der Waals surface area contributed by atoms with E-state index in [0.29, 0.717) is 0 Å². The molecule has 0 spiro atoms. The second-order valence-electron chi connectivity index (χ2n) is 0. The molecule has 0 nitrogen and oxygen atoms in total. The molecular weight excluding hydrogens is 202 g/mol. The summed E-state index contributed by atoms with van der Waals surface area (Å²) in [6.07, 6.45) is 0. The molecule has 5 heavy (non-hydrogen) atoms. The minimum absolute atomic E-state index is 0. The molecule has 0 saturated heterocycles. The van der Waals surface area contributed by atoms with Crippen molar-refractivity contribution in [2.45, 2.75) is 0 Å². The molecule has 0 atom stereocenters. The standard InChI is InChI=1S/BH5Si.Cr.Fe.Mn/c1-2;;;/h1H2,2H3;;;. The van der Waals surface area contributed by atoms with Gasteiger partial charge in [-0.1, -0.05) is 0 Å². The summed E-state index contributed by atoms with van der Waals surface area (Å²) in [4.78, 5) is 0. The quantitative estimate of drug-likeness (QED) is 0.398. The molecule has 0 unspecified atom stereocenters. The van der Waals surface area contributed by atoms with E-state index in [0.717, 1.165) is 0 Å². The normalized spacial score (nSPS) is 1.60. The monoisotopic (exact) mass is 207 g/mol. The minimum Gasteiger partial charge on any atom is -0.0304 e. The minimum atomic E-state index is 0. The van der Waals surface area contributed by atoms with E-state index in [4.69, 9.17) is 0 Å². The van der Waals surface area contributed by atoms with Crippen LogP contribution in [0.25, 0.3) is 0 Å². The summed E-state index contributed by atoms with van der Waals surface area (Å²) in [6, 6.07) is 0. The van der Waals surface area contributed by atoms with Crippen LogP contribution in [0.5, 0.6) is 0 Å². The molecule has 0 aromatic carbocycles. The van der Waals surface area contributed by atoms with Crippen LogP contribution in [-0.4, -0.2) is 17.6 Å². The van der Waals surface area contributed by atoms with Gasteiger partial charge in [-0.15, -0.1) is 0 Å². The van der Waals surface area contributed by atoms with Gasteiger partial charge in [0, 0.05) is 51.5 Å². The molecule has 0 rings (SSSR count). The van der Waals surface area contributed by atoms with Crippen LogP contribution in [0, 0.1) is 0 Å². The van der Waals surface area contributed by atoms with Gasteiger partial charge < -0.3 is 0 Å². The van der Waals surface area contributed by atoms with Crippen LogP contribution in [0.3, 0.4) is 0 Å². The molecule has 1 radical (unpaired) electrons. The summed E-state index contributed by atoms with van der Waals surface area (Å²) in [6.45, 7) is 0. The third-order valence-electron chi connectivity index (χ3n) is 0.